The molecule has 0 atom stereocenters. The Labute approximate surface area is 88.1 Å². The minimum atomic E-state index is -0.00176. The Bertz CT molecular complexity index is 426. The van der Waals surface area contributed by atoms with Crippen LogP contribution in [0.1, 0.15) is 12.8 Å². The Balaban J connectivity index is 1.91. The molecular formula is C11H13N3O. The van der Waals surface area contributed by atoms with Crippen LogP contribution in [0.25, 0.3) is 0 Å². The Morgan fingerprint density at radius 2 is 2.20 bits per heavy atom. The maximum atomic E-state index is 11.7. The van der Waals surface area contributed by atoms with Crippen LogP contribution in [0.5, 0.6) is 0 Å². The number of urea groups is 1. The highest BCUT2D eigenvalue weighted by Crippen LogP contribution is 2.41. The molecule has 2 aliphatic rings. The van der Waals surface area contributed by atoms with E-state index in [2.05, 4.69) is 5.32 Å². The molecule has 1 aromatic rings. The third-order valence-corrected chi connectivity index (χ3v) is 3.11. The van der Waals surface area contributed by atoms with Gasteiger partial charge in [-0.25, -0.2) is 4.79 Å². The van der Waals surface area contributed by atoms with E-state index in [1.807, 2.05) is 24.3 Å². The van der Waals surface area contributed by atoms with E-state index in [0.29, 0.717) is 5.69 Å². The average Bonchev–Trinajstić information content (AvgIpc) is 2.85. The lowest BCUT2D eigenvalue weighted by Gasteiger charge is -2.14. The van der Waals surface area contributed by atoms with Crippen molar-refractivity contribution in [1.82, 2.24) is 5.32 Å². The van der Waals surface area contributed by atoms with E-state index in [1.54, 1.807) is 4.90 Å². The standard InChI is InChI=1S/C11H13N3O/c12-8-2-1-3-9(6-8)14-7-11(4-5-11)13-10(14)15/h1-3,6H,4-5,7,12H2,(H,13,15). The number of nitrogens with one attached hydrogen (secondary N) is 1. The fourth-order valence-electron chi connectivity index (χ4n) is 2.04. The number of nitrogens with zero attached hydrogens (tertiary/aromatic N) is 1. The second-order valence-corrected chi connectivity index (χ2v) is 4.39. The molecule has 4 heteroatoms. The molecule has 2 amide bonds. The zero-order chi connectivity index (χ0) is 10.5. The van der Waals surface area contributed by atoms with Gasteiger partial charge < -0.3 is 11.1 Å². The first-order chi connectivity index (χ1) is 7.19. The van der Waals surface area contributed by atoms with Crippen molar-refractivity contribution >= 4 is 17.4 Å². The Morgan fingerprint density at radius 3 is 2.80 bits per heavy atom. The first kappa shape index (κ1) is 8.59. The van der Waals surface area contributed by atoms with Crippen molar-refractivity contribution in [1.29, 1.82) is 0 Å². The molecule has 1 aliphatic heterocycles. The van der Waals surface area contributed by atoms with Gasteiger partial charge in [-0.3, -0.25) is 4.90 Å². The fraction of sp³-hybridized carbons (Fsp3) is 0.364. The monoisotopic (exact) mass is 203 g/mol. The highest BCUT2D eigenvalue weighted by atomic mass is 16.2. The van der Waals surface area contributed by atoms with Crippen molar-refractivity contribution in [2.75, 3.05) is 17.2 Å². The SMILES string of the molecule is Nc1cccc(N2CC3(CC3)NC2=O)c1. The highest BCUT2D eigenvalue weighted by molar-refractivity contribution is 5.96. The number of benzene rings is 1. The molecule has 1 saturated carbocycles. The third kappa shape index (κ3) is 1.33. The summed E-state index contributed by atoms with van der Waals surface area (Å²) in [7, 11) is 0. The number of carbonyl (C=O) groups excluding carboxylic acids is 1. The summed E-state index contributed by atoms with van der Waals surface area (Å²) >= 11 is 0. The van der Waals surface area contributed by atoms with Gasteiger partial charge in [0.25, 0.3) is 0 Å². The lowest BCUT2D eigenvalue weighted by Crippen LogP contribution is -2.29. The van der Waals surface area contributed by atoms with Gasteiger partial charge in [-0.15, -0.1) is 0 Å². The molecule has 1 aliphatic carbocycles. The maximum absolute atomic E-state index is 11.7. The molecule has 78 valence electrons. The quantitative estimate of drug-likeness (QED) is 0.676. The highest BCUT2D eigenvalue weighted by Gasteiger charge is 2.51. The smallest absolute Gasteiger partial charge is 0.322 e. The van der Waals surface area contributed by atoms with Gasteiger partial charge in [-0.2, -0.15) is 0 Å². The molecule has 0 radical (unpaired) electrons. The van der Waals surface area contributed by atoms with Crippen molar-refractivity contribution < 1.29 is 4.79 Å². The van der Waals surface area contributed by atoms with Crippen LogP contribution in [-0.4, -0.2) is 18.1 Å². The summed E-state index contributed by atoms with van der Waals surface area (Å²) in [6, 6.07) is 7.44. The molecule has 1 aromatic carbocycles. The van der Waals surface area contributed by atoms with Crippen molar-refractivity contribution in [2.24, 2.45) is 0 Å². The van der Waals surface area contributed by atoms with Crippen LogP contribution < -0.4 is 16.0 Å². The van der Waals surface area contributed by atoms with E-state index in [1.165, 1.54) is 0 Å². The summed E-state index contributed by atoms with van der Waals surface area (Å²) in [4.78, 5) is 13.5. The summed E-state index contributed by atoms with van der Waals surface area (Å²) in [5.41, 5.74) is 7.34. The molecule has 1 spiro atoms. The van der Waals surface area contributed by atoms with Crippen LogP contribution in [-0.2, 0) is 0 Å². The van der Waals surface area contributed by atoms with Gasteiger partial charge in [0, 0.05) is 11.4 Å². The zero-order valence-electron chi connectivity index (χ0n) is 8.36. The molecule has 3 N–H and O–H groups in total. The molecule has 0 aromatic heterocycles. The second-order valence-electron chi connectivity index (χ2n) is 4.39. The van der Waals surface area contributed by atoms with Gasteiger partial charge in [0.1, 0.15) is 0 Å². The van der Waals surface area contributed by atoms with E-state index in [4.69, 9.17) is 5.73 Å². The number of hydrogen-bond donors (Lipinski definition) is 2. The van der Waals surface area contributed by atoms with Crippen LogP contribution in [0.3, 0.4) is 0 Å². The minimum absolute atomic E-state index is 0.00176. The van der Waals surface area contributed by atoms with E-state index in [0.717, 1.165) is 25.1 Å². The number of hydrogen-bond acceptors (Lipinski definition) is 2. The zero-order valence-corrected chi connectivity index (χ0v) is 8.36. The van der Waals surface area contributed by atoms with Gasteiger partial charge in [-0.05, 0) is 31.0 Å². The summed E-state index contributed by atoms with van der Waals surface area (Å²) in [5.74, 6) is 0. The molecular weight excluding hydrogens is 190 g/mol. The van der Waals surface area contributed by atoms with Gasteiger partial charge in [-0.1, -0.05) is 6.07 Å². The third-order valence-electron chi connectivity index (χ3n) is 3.11. The summed E-state index contributed by atoms with van der Waals surface area (Å²) in [6.07, 6.45) is 2.19. The average molecular weight is 203 g/mol. The predicted molar refractivity (Wildman–Crippen MR) is 58.7 cm³/mol. The first-order valence-electron chi connectivity index (χ1n) is 5.14. The van der Waals surface area contributed by atoms with Gasteiger partial charge in [0.15, 0.2) is 0 Å². The largest absolute Gasteiger partial charge is 0.399 e. The Morgan fingerprint density at radius 1 is 1.40 bits per heavy atom. The number of nitrogens with two attached hydrogens (primary N) is 1. The van der Waals surface area contributed by atoms with Crippen LogP contribution in [0, 0.1) is 0 Å². The fourth-order valence-corrected chi connectivity index (χ4v) is 2.04. The molecule has 1 heterocycles. The summed E-state index contributed by atoms with van der Waals surface area (Å²) in [5, 5.41) is 3.02. The molecule has 0 bridgehead atoms. The normalized spacial score (nSPS) is 21.9. The number of nitrogen functional groups attached to an aromatic ring is 1. The maximum Gasteiger partial charge on any atom is 0.322 e. The van der Waals surface area contributed by atoms with Gasteiger partial charge in [0.2, 0.25) is 0 Å². The Kier molecular flexibility index (Phi) is 1.52. The van der Waals surface area contributed by atoms with Crippen molar-refractivity contribution in [2.45, 2.75) is 18.4 Å². The molecule has 4 nitrogen and oxygen atoms in total. The summed E-state index contributed by atoms with van der Waals surface area (Å²) in [6.45, 7) is 0.773. The molecule has 3 rings (SSSR count). The predicted octanol–water partition coefficient (Wildman–Crippen LogP) is 1.33. The van der Waals surface area contributed by atoms with Crippen molar-refractivity contribution in [3.63, 3.8) is 0 Å². The van der Waals surface area contributed by atoms with Crippen molar-refractivity contribution in [3.8, 4) is 0 Å². The second kappa shape index (κ2) is 2.66. The van der Waals surface area contributed by atoms with E-state index < -0.39 is 0 Å². The lowest BCUT2D eigenvalue weighted by atomic mass is 10.2. The van der Waals surface area contributed by atoms with E-state index in [-0.39, 0.29) is 11.6 Å². The Hall–Kier alpha value is -1.71. The minimum Gasteiger partial charge on any atom is -0.399 e. The number of rotatable bonds is 1. The van der Waals surface area contributed by atoms with Crippen LogP contribution in [0.4, 0.5) is 16.2 Å². The lowest BCUT2D eigenvalue weighted by molar-refractivity contribution is 0.250. The number of carbonyl (C=O) groups is 1. The van der Waals surface area contributed by atoms with Gasteiger partial charge in [0.05, 0.1) is 12.1 Å². The number of amides is 2. The molecule has 0 unspecified atom stereocenters. The molecule has 15 heavy (non-hydrogen) atoms. The van der Waals surface area contributed by atoms with Crippen LogP contribution >= 0.6 is 0 Å². The van der Waals surface area contributed by atoms with E-state index >= 15 is 0 Å². The van der Waals surface area contributed by atoms with Crippen LogP contribution in [0.2, 0.25) is 0 Å². The first-order valence-corrected chi connectivity index (χ1v) is 5.14. The van der Waals surface area contributed by atoms with Crippen molar-refractivity contribution in [3.05, 3.63) is 24.3 Å². The molecule has 2 fully saturated rings. The van der Waals surface area contributed by atoms with Gasteiger partial charge >= 0.3 is 6.03 Å². The molecule has 1 saturated heterocycles. The van der Waals surface area contributed by atoms with E-state index in [9.17, 15) is 4.79 Å². The number of anilines is 2. The van der Waals surface area contributed by atoms with Crippen LogP contribution in [0.15, 0.2) is 24.3 Å². The topological polar surface area (TPSA) is 58.4 Å². The summed E-state index contributed by atoms with van der Waals surface area (Å²) < 4.78 is 0.